The molecule has 0 atom stereocenters. The number of ketones is 1. The molecule has 218 valence electrons. The number of pyridine rings is 2. The van der Waals surface area contributed by atoms with Crippen molar-refractivity contribution in [3.8, 4) is 11.3 Å². The number of hydrogen-bond donors (Lipinski definition) is 1. The molecule has 1 N–H and O–H groups in total. The molecule has 1 saturated heterocycles. The molecule has 4 aromatic rings. The van der Waals surface area contributed by atoms with Gasteiger partial charge in [-0.05, 0) is 38.8 Å². The molecule has 11 heteroatoms. The molecule has 2 amide bonds. The molecule has 1 aromatic carbocycles. The Morgan fingerprint density at radius 3 is 2.56 bits per heavy atom. The van der Waals surface area contributed by atoms with Crippen molar-refractivity contribution in [1.82, 2.24) is 24.4 Å². The maximum absolute atomic E-state index is 14.6. The van der Waals surface area contributed by atoms with Crippen molar-refractivity contribution in [3.05, 3.63) is 60.4 Å². The highest BCUT2D eigenvalue weighted by Crippen LogP contribution is 2.49. The number of piperidine rings is 1. The van der Waals surface area contributed by atoms with Crippen LogP contribution in [0.25, 0.3) is 22.3 Å². The molecule has 1 saturated carbocycles. The molecule has 43 heavy (non-hydrogen) atoms. The molecule has 0 radical (unpaired) electrons. The molecule has 3 aromatic heterocycles. The van der Waals surface area contributed by atoms with E-state index in [4.69, 9.17) is 4.98 Å². The van der Waals surface area contributed by atoms with E-state index in [1.54, 1.807) is 28.8 Å². The summed E-state index contributed by atoms with van der Waals surface area (Å²) in [6.45, 7) is 6.63. The van der Waals surface area contributed by atoms with E-state index in [9.17, 15) is 18.8 Å². The van der Waals surface area contributed by atoms with Crippen molar-refractivity contribution in [2.45, 2.75) is 57.9 Å². The number of likely N-dealkylation sites (tertiary alicyclic amines) is 1. The summed E-state index contributed by atoms with van der Waals surface area (Å²) in [7, 11) is 0. The second kappa shape index (κ2) is 9.89. The van der Waals surface area contributed by atoms with Gasteiger partial charge < -0.3 is 14.8 Å². The summed E-state index contributed by atoms with van der Waals surface area (Å²) in [4.78, 5) is 53.4. The number of amides is 2. The second-order valence-corrected chi connectivity index (χ2v) is 11.9. The number of fused-ring (bicyclic) bond motifs is 3. The van der Waals surface area contributed by atoms with Gasteiger partial charge in [-0.2, -0.15) is 0 Å². The highest BCUT2D eigenvalue weighted by molar-refractivity contribution is 6.20. The van der Waals surface area contributed by atoms with Gasteiger partial charge in [0.1, 0.15) is 10.9 Å². The number of nitrogens with one attached hydrogen (secondary N) is 1. The molecule has 5 heterocycles. The molecule has 2 aliphatic heterocycles. The van der Waals surface area contributed by atoms with Gasteiger partial charge in [0, 0.05) is 49.4 Å². The summed E-state index contributed by atoms with van der Waals surface area (Å²) in [5.74, 6) is 0.0338. The van der Waals surface area contributed by atoms with E-state index in [2.05, 4.69) is 15.3 Å². The topological polar surface area (TPSA) is 113 Å². The lowest BCUT2D eigenvalue weighted by Crippen LogP contribution is -2.48. The zero-order chi connectivity index (χ0) is 30.0. The van der Waals surface area contributed by atoms with E-state index < -0.39 is 11.2 Å². The van der Waals surface area contributed by atoms with Crippen LogP contribution in [0.2, 0.25) is 0 Å². The van der Waals surface area contributed by atoms with Gasteiger partial charge in [-0.25, -0.2) is 19.2 Å². The van der Waals surface area contributed by atoms with Crippen molar-refractivity contribution < 1.29 is 23.3 Å². The predicted octanol–water partition coefficient (Wildman–Crippen LogP) is 4.83. The minimum absolute atomic E-state index is 0.00382. The Morgan fingerprint density at radius 2 is 1.88 bits per heavy atom. The van der Waals surface area contributed by atoms with Crippen molar-refractivity contribution in [3.63, 3.8) is 0 Å². The number of imidazole rings is 1. The van der Waals surface area contributed by atoms with Gasteiger partial charge >= 0.3 is 5.91 Å². The van der Waals surface area contributed by atoms with E-state index in [-0.39, 0.29) is 42.2 Å². The van der Waals surface area contributed by atoms with E-state index in [1.165, 1.54) is 6.20 Å². The van der Waals surface area contributed by atoms with Crippen LogP contribution in [0, 0.1) is 5.82 Å². The van der Waals surface area contributed by atoms with Gasteiger partial charge in [0.2, 0.25) is 11.6 Å². The van der Waals surface area contributed by atoms with Gasteiger partial charge in [-0.3, -0.25) is 14.6 Å². The molecular weight excluding hydrogens is 549 g/mol. The summed E-state index contributed by atoms with van der Waals surface area (Å²) in [6.07, 6.45) is 5.98. The van der Waals surface area contributed by atoms with Crippen LogP contribution in [-0.4, -0.2) is 65.4 Å². The van der Waals surface area contributed by atoms with Crippen LogP contribution in [0.15, 0.2) is 49.1 Å². The Balaban J connectivity index is 1.37. The number of carbonyl (C=O) groups excluding carboxylic acids is 3. The van der Waals surface area contributed by atoms with Crippen LogP contribution in [-0.2, 0) is 19.8 Å². The lowest BCUT2D eigenvalue weighted by Gasteiger charge is -2.35. The molecule has 10 nitrogen and oxygen atoms in total. The Morgan fingerprint density at radius 1 is 1.12 bits per heavy atom. The fourth-order valence-electron chi connectivity index (χ4n) is 6.57. The maximum atomic E-state index is 14.6. The van der Waals surface area contributed by atoms with Gasteiger partial charge in [-0.15, -0.1) is 4.58 Å². The first-order valence-corrected chi connectivity index (χ1v) is 14.5. The molecule has 0 bridgehead atoms. The Bertz CT molecular complexity index is 1880. The predicted molar refractivity (Wildman–Crippen MR) is 158 cm³/mol. The first-order valence-electron chi connectivity index (χ1n) is 14.5. The fraction of sp³-hybridized carbons (Fsp3) is 0.344. The number of hydrogen-bond acceptors (Lipinski definition) is 7. The second-order valence-electron chi connectivity index (χ2n) is 11.9. The average Bonchev–Trinajstić information content (AvgIpc) is 3.50. The molecule has 1 aliphatic carbocycles. The third kappa shape index (κ3) is 4.25. The number of benzene rings is 1. The van der Waals surface area contributed by atoms with Gasteiger partial charge in [0.05, 0.1) is 42.3 Å². The summed E-state index contributed by atoms with van der Waals surface area (Å²) in [5.41, 5.74) is 4.77. The van der Waals surface area contributed by atoms with Crippen LogP contribution in [0.5, 0.6) is 0 Å². The average molecular weight is 581 g/mol. The summed E-state index contributed by atoms with van der Waals surface area (Å²) in [5, 5.41) is 3.15. The highest BCUT2D eigenvalue weighted by atomic mass is 19.1. The number of anilines is 2. The summed E-state index contributed by atoms with van der Waals surface area (Å²) in [6, 6.07) is 9.44. The zero-order valence-corrected chi connectivity index (χ0v) is 24.2. The number of carbonyl (C=O) groups is 3. The van der Waals surface area contributed by atoms with Gasteiger partial charge in [0.25, 0.3) is 0 Å². The van der Waals surface area contributed by atoms with Crippen LogP contribution in [0.4, 0.5) is 21.6 Å². The number of rotatable bonds is 4. The molecular formula is C32H31FN7O3+. The first kappa shape index (κ1) is 27.1. The van der Waals surface area contributed by atoms with Gasteiger partial charge in [0.15, 0.2) is 23.1 Å². The zero-order valence-electron chi connectivity index (χ0n) is 24.2. The lowest BCUT2D eigenvalue weighted by molar-refractivity contribution is -0.368. The van der Waals surface area contributed by atoms with Crippen LogP contribution in [0.3, 0.4) is 0 Å². The van der Waals surface area contributed by atoms with E-state index in [0.717, 1.165) is 34.2 Å². The third-order valence-corrected chi connectivity index (χ3v) is 8.98. The van der Waals surface area contributed by atoms with E-state index in [0.29, 0.717) is 43.0 Å². The SMILES string of the molecule is CC(=O)N1CCC2(CC1)C(=O)[N+](=C1CC(=O)C1)c1cc(-c3cc4ncn(C(C)C)c4c(Nc4ccncc4F)n3)ccc12. The van der Waals surface area contributed by atoms with Crippen molar-refractivity contribution in [2.75, 3.05) is 18.4 Å². The van der Waals surface area contributed by atoms with Crippen molar-refractivity contribution >= 4 is 51.5 Å². The molecule has 1 spiro atoms. The molecule has 2 fully saturated rings. The minimum Gasteiger partial charge on any atom is -0.343 e. The Hall–Kier alpha value is -4.80. The van der Waals surface area contributed by atoms with Crippen molar-refractivity contribution in [1.29, 1.82) is 0 Å². The maximum Gasteiger partial charge on any atom is 0.403 e. The summed E-state index contributed by atoms with van der Waals surface area (Å²) < 4.78 is 18.4. The first-order chi connectivity index (χ1) is 20.7. The Labute approximate surface area is 247 Å². The van der Waals surface area contributed by atoms with Gasteiger partial charge in [-0.1, -0.05) is 12.1 Å². The molecule has 3 aliphatic rings. The highest BCUT2D eigenvalue weighted by Gasteiger charge is 2.59. The fourth-order valence-corrected chi connectivity index (χ4v) is 6.57. The quantitative estimate of drug-likeness (QED) is 0.344. The Kier molecular flexibility index (Phi) is 6.22. The van der Waals surface area contributed by atoms with Crippen LogP contribution < -0.4 is 5.32 Å². The number of Topliss-reactive ketones (excluding diaryl/α,β-unsaturated/α-hetero) is 1. The van der Waals surface area contributed by atoms with E-state index >= 15 is 0 Å². The summed E-state index contributed by atoms with van der Waals surface area (Å²) >= 11 is 0. The van der Waals surface area contributed by atoms with Crippen LogP contribution >= 0.6 is 0 Å². The monoisotopic (exact) mass is 580 g/mol. The smallest absolute Gasteiger partial charge is 0.343 e. The molecule has 7 rings (SSSR count). The van der Waals surface area contributed by atoms with Crippen molar-refractivity contribution in [2.24, 2.45) is 0 Å². The number of aromatic nitrogens is 4. The number of nitrogens with zero attached hydrogens (tertiary/aromatic N) is 6. The largest absolute Gasteiger partial charge is 0.403 e. The van der Waals surface area contributed by atoms with E-state index in [1.807, 2.05) is 42.7 Å². The molecule has 0 unspecified atom stereocenters. The van der Waals surface area contributed by atoms with Crippen LogP contribution in [0.1, 0.15) is 58.1 Å². The number of halogens is 1. The normalized spacial score (nSPS) is 17.7. The lowest BCUT2D eigenvalue weighted by atomic mass is 9.73. The minimum atomic E-state index is -0.746. The standard InChI is InChI=1S/C32H31FN7O3/c1-18(2)39-17-35-27-15-26(37-30(29(27)39)36-25-6-9-34-16-24(25)33)20-4-5-23-28(12-20)40(21-13-22(42)14-21)31(43)32(23)7-10-38(11-8-32)19(3)41/h4-6,9,12,15-18H,7-8,10-11,13-14H2,1-3H3,(H,34,36,37)/q+1. The third-order valence-electron chi connectivity index (χ3n) is 8.98.